The van der Waals surface area contributed by atoms with Gasteiger partial charge in [0, 0.05) is 36.3 Å². The molecule has 1 atom stereocenters. The number of hydrogen-bond acceptors (Lipinski definition) is 8. The highest BCUT2D eigenvalue weighted by Gasteiger charge is 2.34. The third-order valence-electron chi connectivity index (χ3n) is 5.89. The summed E-state index contributed by atoms with van der Waals surface area (Å²) < 4.78 is 35.1. The highest BCUT2D eigenvalue weighted by Crippen LogP contribution is 2.33. The zero-order chi connectivity index (χ0) is 23.8. The Balaban J connectivity index is 1.23. The van der Waals surface area contributed by atoms with E-state index in [2.05, 4.69) is 26.9 Å². The van der Waals surface area contributed by atoms with E-state index in [1.165, 1.54) is 12.1 Å². The van der Waals surface area contributed by atoms with Crippen LogP contribution in [0.2, 0.25) is 0 Å². The summed E-state index contributed by atoms with van der Waals surface area (Å²) in [5, 5.41) is 22.2. The van der Waals surface area contributed by atoms with Crippen LogP contribution >= 0.6 is 0 Å². The molecular weight excluding hydrogens is 446 g/mol. The summed E-state index contributed by atoms with van der Waals surface area (Å²) in [6.07, 6.45) is 0.109. The highest BCUT2D eigenvalue weighted by atomic mass is 19.1. The van der Waals surface area contributed by atoms with Crippen LogP contribution in [0.25, 0.3) is 11.5 Å². The molecule has 1 aromatic heterocycles. The van der Waals surface area contributed by atoms with E-state index >= 15 is 0 Å². The largest absolute Gasteiger partial charge is 0.403 e. The molecule has 2 saturated heterocycles. The normalized spacial score (nSPS) is 18.3. The van der Waals surface area contributed by atoms with E-state index in [1.54, 1.807) is 29.2 Å². The SMILES string of the molecule is N#Cc1cccc(-c2nnc(NC3CN(c4cc(F)c(C5CCC(=O)NC5=O)c(F)c4)C3)o2)c1. The minimum Gasteiger partial charge on any atom is -0.403 e. The molecule has 2 aromatic carbocycles. The second kappa shape index (κ2) is 8.55. The molecule has 34 heavy (non-hydrogen) atoms. The molecule has 0 aliphatic carbocycles. The van der Waals surface area contributed by atoms with Crippen molar-refractivity contribution in [2.24, 2.45) is 0 Å². The van der Waals surface area contributed by atoms with E-state index in [-0.39, 0.29) is 36.4 Å². The van der Waals surface area contributed by atoms with Gasteiger partial charge in [-0.25, -0.2) is 8.78 Å². The van der Waals surface area contributed by atoms with Crippen LogP contribution in [0.3, 0.4) is 0 Å². The van der Waals surface area contributed by atoms with Crippen molar-refractivity contribution >= 4 is 23.5 Å². The van der Waals surface area contributed by atoms with Gasteiger partial charge in [-0.2, -0.15) is 5.26 Å². The summed E-state index contributed by atoms with van der Waals surface area (Å²) in [5.41, 5.74) is 1.13. The molecule has 1 unspecified atom stereocenters. The number of carbonyl (C=O) groups is 2. The molecule has 9 nitrogen and oxygen atoms in total. The van der Waals surface area contributed by atoms with Crippen molar-refractivity contribution in [2.45, 2.75) is 24.8 Å². The third kappa shape index (κ3) is 4.05. The molecule has 2 aliphatic rings. The maximum Gasteiger partial charge on any atom is 0.316 e. The van der Waals surface area contributed by atoms with Crippen molar-refractivity contribution in [3.05, 3.63) is 59.2 Å². The van der Waals surface area contributed by atoms with Crippen LogP contribution in [0.1, 0.15) is 29.9 Å². The zero-order valence-electron chi connectivity index (χ0n) is 17.7. The number of carbonyl (C=O) groups excluding carboxylic acids is 2. The Kier molecular flexibility index (Phi) is 5.41. The monoisotopic (exact) mass is 464 g/mol. The van der Waals surface area contributed by atoms with Gasteiger partial charge in [0.15, 0.2) is 0 Å². The number of halogens is 2. The predicted molar refractivity (Wildman–Crippen MR) is 116 cm³/mol. The molecule has 2 aliphatic heterocycles. The van der Waals surface area contributed by atoms with Crippen LogP contribution in [0.4, 0.5) is 20.5 Å². The van der Waals surface area contributed by atoms with Crippen molar-refractivity contribution in [1.82, 2.24) is 15.5 Å². The van der Waals surface area contributed by atoms with Gasteiger partial charge in [0.2, 0.25) is 17.7 Å². The van der Waals surface area contributed by atoms with Crippen LogP contribution in [-0.2, 0) is 9.59 Å². The molecule has 2 N–H and O–H groups in total. The molecule has 3 aromatic rings. The average molecular weight is 464 g/mol. The second-order valence-corrected chi connectivity index (χ2v) is 8.18. The summed E-state index contributed by atoms with van der Waals surface area (Å²) in [5.74, 6) is -3.53. The number of nitrogens with zero attached hydrogens (tertiary/aromatic N) is 4. The molecule has 0 spiro atoms. The molecule has 0 radical (unpaired) electrons. The average Bonchev–Trinajstić information content (AvgIpc) is 3.25. The maximum atomic E-state index is 14.7. The summed E-state index contributed by atoms with van der Waals surface area (Å²) in [7, 11) is 0. The first-order valence-corrected chi connectivity index (χ1v) is 10.6. The van der Waals surface area contributed by atoms with Gasteiger partial charge in [-0.15, -0.1) is 5.10 Å². The Morgan fingerprint density at radius 3 is 2.62 bits per heavy atom. The lowest BCUT2D eigenvalue weighted by Crippen LogP contribution is -2.55. The van der Waals surface area contributed by atoms with Crippen LogP contribution < -0.4 is 15.5 Å². The Hall–Kier alpha value is -4.33. The van der Waals surface area contributed by atoms with E-state index in [9.17, 15) is 18.4 Å². The minimum absolute atomic E-state index is 0.0393. The lowest BCUT2D eigenvalue weighted by molar-refractivity contribution is -0.134. The van der Waals surface area contributed by atoms with Crippen molar-refractivity contribution in [2.75, 3.05) is 23.3 Å². The van der Waals surface area contributed by atoms with Crippen LogP contribution in [0.5, 0.6) is 0 Å². The second-order valence-electron chi connectivity index (χ2n) is 8.18. The number of piperidine rings is 1. The van der Waals surface area contributed by atoms with Crippen LogP contribution in [-0.4, -0.2) is 41.1 Å². The van der Waals surface area contributed by atoms with E-state index < -0.39 is 29.4 Å². The van der Waals surface area contributed by atoms with Crippen LogP contribution in [0.15, 0.2) is 40.8 Å². The van der Waals surface area contributed by atoms with Gasteiger partial charge >= 0.3 is 6.01 Å². The first kappa shape index (κ1) is 21.5. The van der Waals surface area contributed by atoms with Gasteiger partial charge in [0.1, 0.15) is 11.6 Å². The molecule has 172 valence electrons. The number of amides is 2. The summed E-state index contributed by atoms with van der Waals surface area (Å²) >= 11 is 0. The van der Waals surface area contributed by atoms with E-state index in [0.29, 0.717) is 29.9 Å². The van der Waals surface area contributed by atoms with Gasteiger partial charge in [-0.3, -0.25) is 14.9 Å². The summed E-state index contributed by atoms with van der Waals surface area (Å²) in [6, 6.07) is 11.4. The Bertz CT molecular complexity index is 1310. The Labute approximate surface area is 192 Å². The smallest absolute Gasteiger partial charge is 0.316 e. The minimum atomic E-state index is -1.03. The maximum absolute atomic E-state index is 14.7. The number of rotatable bonds is 5. The fourth-order valence-corrected chi connectivity index (χ4v) is 4.13. The van der Waals surface area contributed by atoms with Crippen molar-refractivity contribution < 1.29 is 22.8 Å². The topological polar surface area (TPSA) is 124 Å². The fourth-order valence-electron chi connectivity index (χ4n) is 4.13. The van der Waals surface area contributed by atoms with E-state index in [0.717, 1.165) is 0 Å². The van der Waals surface area contributed by atoms with Gasteiger partial charge < -0.3 is 14.6 Å². The lowest BCUT2D eigenvalue weighted by atomic mass is 9.89. The third-order valence-corrected chi connectivity index (χ3v) is 5.89. The number of hydrogen-bond donors (Lipinski definition) is 2. The highest BCUT2D eigenvalue weighted by molar-refractivity contribution is 6.01. The number of imide groups is 1. The Morgan fingerprint density at radius 1 is 1.15 bits per heavy atom. The first-order valence-electron chi connectivity index (χ1n) is 10.6. The standard InChI is InChI=1S/C23H18F2N6O3/c24-17-7-15(8-18(25)20(17)16-4-5-19(32)28-21(16)33)31-10-14(11-31)27-23-30-29-22(34-23)13-3-1-2-12(6-13)9-26/h1-3,6-8,14,16H,4-5,10-11H2,(H,27,30)(H,28,32,33). The zero-order valence-corrected chi connectivity index (χ0v) is 17.7. The molecule has 5 rings (SSSR count). The molecule has 0 bridgehead atoms. The quantitative estimate of drug-likeness (QED) is 0.553. The van der Waals surface area contributed by atoms with Crippen molar-refractivity contribution in [3.8, 4) is 17.5 Å². The Morgan fingerprint density at radius 2 is 1.91 bits per heavy atom. The van der Waals surface area contributed by atoms with Crippen LogP contribution in [0, 0.1) is 23.0 Å². The van der Waals surface area contributed by atoms with Gasteiger partial charge in [-0.1, -0.05) is 11.2 Å². The predicted octanol–water partition coefficient (Wildman–Crippen LogP) is 2.71. The number of nitrogens with one attached hydrogen (secondary N) is 2. The fraction of sp³-hybridized carbons (Fsp3) is 0.261. The number of benzene rings is 2. The molecule has 2 amide bonds. The van der Waals surface area contributed by atoms with Crippen molar-refractivity contribution in [3.63, 3.8) is 0 Å². The summed E-state index contributed by atoms with van der Waals surface area (Å²) in [4.78, 5) is 25.1. The van der Waals surface area contributed by atoms with Gasteiger partial charge in [-0.05, 0) is 36.8 Å². The van der Waals surface area contributed by atoms with Gasteiger partial charge in [0.05, 0.1) is 23.6 Å². The number of anilines is 2. The number of aromatic nitrogens is 2. The molecule has 3 heterocycles. The first-order chi connectivity index (χ1) is 16.4. The van der Waals surface area contributed by atoms with Gasteiger partial charge in [0.25, 0.3) is 0 Å². The van der Waals surface area contributed by atoms with E-state index in [1.807, 2.05) is 0 Å². The molecule has 11 heteroatoms. The molecule has 0 saturated carbocycles. The number of nitriles is 1. The summed E-state index contributed by atoms with van der Waals surface area (Å²) in [6.45, 7) is 0.885. The lowest BCUT2D eigenvalue weighted by Gasteiger charge is -2.41. The molecular formula is C23H18F2N6O3. The van der Waals surface area contributed by atoms with Crippen molar-refractivity contribution in [1.29, 1.82) is 5.26 Å². The van der Waals surface area contributed by atoms with E-state index in [4.69, 9.17) is 9.68 Å². The molecule has 2 fully saturated rings.